The molecule has 0 spiro atoms. The molecule has 4 rings (SSSR count). The van der Waals surface area contributed by atoms with Crippen LogP contribution in [-0.4, -0.2) is 28.0 Å². The molecular weight excluding hydrogens is 468 g/mol. The average molecular weight is 487 g/mol. The third-order valence-electron chi connectivity index (χ3n) is 4.94. The SMILES string of the molecule is COc1ccc(C(=O)N2CCc3ccc(NS(=O)(=O)c4ccc(Br)cc4)cc32)cc1. The van der Waals surface area contributed by atoms with E-state index in [2.05, 4.69) is 20.7 Å². The summed E-state index contributed by atoms with van der Waals surface area (Å²) in [5, 5.41) is 0. The summed E-state index contributed by atoms with van der Waals surface area (Å²) in [5.74, 6) is 0.544. The predicted octanol–water partition coefficient (Wildman–Crippen LogP) is 4.46. The number of anilines is 2. The van der Waals surface area contributed by atoms with E-state index in [1.54, 1.807) is 60.5 Å². The minimum atomic E-state index is -3.73. The highest BCUT2D eigenvalue weighted by Crippen LogP contribution is 2.33. The van der Waals surface area contributed by atoms with Gasteiger partial charge in [0.15, 0.2) is 0 Å². The van der Waals surface area contributed by atoms with Gasteiger partial charge in [-0.15, -0.1) is 0 Å². The van der Waals surface area contributed by atoms with Gasteiger partial charge in [-0.05, 0) is 72.6 Å². The van der Waals surface area contributed by atoms with E-state index >= 15 is 0 Å². The molecule has 1 aliphatic rings. The van der Waals surface area contributed by atoms with Crippen LogP contribution in [0.15, 0.2) is 76.1 Å². The largest absolute Gasteiger partial charge is 0.497 e. The average Bonchev–Trinajstić information content (AvgIpc) is 3.16. The molecule has 1 aliphatic heterocycles. The van der Waals surface area contributed by atoms with Gasteiger partial charge in [0.2, 0.25) is 0 Å². The molecular formula is C22H19BrN2O4S. The van der Waals surface area contributed by atoms with Gasteiger partial charge in [-0.3, -0.25) is 9.52 Å². The number of carbonyl (C=O) groups excluding carboxylic acids is 1. The Balaban J connectivity index is 1.59. The van der Waals surface area contributed by atoms with Crippen molar-refractivity contribution in [3.8, 4) is 5.75 Å². The zero-order valence-corrected chi connectivity index (χ0v) is 18.5. The van der Waals surface area contributed by atoms with Crippen LogP contribution in [0.25, 0.3) is 0 Å². The first-order valence-corrected chi connectivity index (χ1v) is 11.5. The van der Waals surface area contributed by atoms with E-state index < -0.39 is 10.0 Å². The highest BCUT2D eigenvalue weighted by molar-refractivity contribution is 9.10. The summed E-state index contributed by atoms with van der Waals surface area (Å²) in [6.45, 7) is 0.545. The normalized spacial score (nSPS) is 13.1. The third kappa shape index (κ3) is 4.06. The van der Waals surface area contributed by atoms with Gasteiger partial charge in [0, 0.05) is 22.3 Å². The number of halogens is 1. The maximum absolute atomic E-state index is 13.0. The van der Waals surface area contributed by atoms with Gasteiger partial charge in [-0.25, -0.2) is 8.42 Å². The van der Waals surface area contributed by atoms with Crippen LogP contribution in [0.1, 0.15) is 15.9 Å². The first-order chi connectivity index (χ1) is 14.4. The second-order valence-electron chi connectivity index (χ2n) is 6.84. The Hall–Kier alpha value is -2.84. The number of hydrogen-bond donors (Lipinski definition) is 1. The minimum absolute atomic E-state index is 0.135. The molecule has 3 aromatic carbocycles. The van der Waals surface area contributed by atoms with E-state index in [0.29, 0.717) is 29.2 Å². The monoisotopic (exact) mass is 486 g/mol. The van der Waals surface area contributed by atoms with Crippen molar-refractivity contribution in [2.24, 2.45) is 0 Å². The number of carbonyl (C=O) groups is 1. The number of fused-ring (bicyclic) bond motifs is 1. The van der Waals surface area contributed by atoms with Crippen LogP contribution in [0.2, 0.25) is 0 Å². The molecule has 0 aliphatic carbocycles. The highest BCUT2D eigenvalue weighted by Gasteiger charge is 2.26. The Kier molecular flexibility index (Phi) is 5.53. The van der Waals surface area contributed by atoms with E-state index in [0.717, 1.165) is 16.5 Å². The lowest BCUT2D eigenvalue weighted by atomic mass is 10.1. The summed E-state index contributed by atoms with van der Waals surface area (Å²) in [6.07, 6.45) is 0.719. The van der Waals surface area contributed by atoms with E-state index in [-0.39, 0.29) is 10.8 Å². The molecule has 0 atom stereocenters. The number of benzene rings is 3. The van der Waals surface area contributed by atoms with Crippen molar-refractivity contribution in [2.75, 3.05) is 23.3 Å². The van der Waals surface area contributed by atoms with Gasteiger partial charge in [0.05, 0.1) is 17.7 Å². The lowest BCUT2D eigenvalue weighted by Crippen LogP contribution is -2.28. The number of amides is 1. The number of sulfonamides is 1. The molecule has 0 fully saturated rings. The number of nitrogens with zero attached hydrogens (tertiary/aromatic N) is 1. The molecule has 0 unspecified atom stereocenters. The van der Waals surface area contributed by atoms with Gasteiger partial charge < -0.3 is 9.64 Å². The Labute approximate surface area is 183 Å². The number of nitrogens with one attached hydrogen (secondary N) is 1. The summed E-state index contributed by atoms with van der Waals surface area (Å²) in [6, 6.07) is 18.6. The van der Waals surface area contributed by atoms with Crippen LogP contribution in [0.5, 0.6) is 5.75 Å². The Bertz CT molecular complexity index is 1190. The molecule has 1 N–H and O–H groups in total. The molecule has 30 heavy (non-hydrogen) atoms. The number of rotatable bonds is 5. The summed E-state index contributed by atoms with van der Waals surface area (Å²) in [4.78, 5) is 14.8. The second kappa shape index (κ2) is 8.12. The quantitative estimate of drug-likeness (QED) is 0.577. The Morgan fingerprint density at radius 2 is 1.73 bits per heavy atom. The third-order valence-corrected chi connectivity index (χ3v) is 6.86. The van der Waals surface area contributed by atoms with Gasteiger partial charge in [0.25, 0.3) is 15.9 Å². The molecule has 1 heterocycles. The van der Waals surface area contributed by atoms with Crippen molar-refractivity contribution in [1.82, 2.24) is 0 Å². The van der Waals surface area contributed by atoms with Crippen molar-refractivity contribution in [3.05, 3.63) is 82.3 Å². The topological polar surface area (TPSA) is 75.7 Å². The first-order valence-electron chi connectivity index (χ1n) is 9.24. The molecule has 0 radical (unpaired) electrons. The predicted molar refractivity (Wildman–Crippen MR) is 120 cm³/mol. The maximum atomic E-state index is 13.0. The molecule has 8 heteroatoms. The lowest BCUT2D eigenvalue weighted by Gasteiger charge is -2.18. The van der Waals surface area contributed by atoms with Gasteiger partial charge in [-0.2, -0.15) is 0 Å². The zero-order valence-electron chi connectivity index (χ0n) is 16.1. The fourth-order valence-electron chi connectivity index (χ4n) is 3.37. The molecule has 3 aromatic rings. The van der Waals surface area contributed by atoms with E-state index in [9.17, 15) is 13.2 Å². The van der Waals surface area contributed by atoms with Gasteiger partial charge in [0.1, 0.15) is 5.75 Å². The molecule has 154 valence electrons. The number of methoxy groups -OCH3 is 1. The van der Waals surface area contributed by atoms with Crippen molar-refractivity contribution in [1.29, 1.82) is 0 Å². The molecule has 0 aromatic heterocycles. The molecule has 0 saturated heterocycles. The van der Waals surface area contributed by atoms with E-state index in [1.165, 1.54) is 12.1 Å². The van der Waals surface area contributed by atoms with Crippen molar-refractivity contribution < 1.29 is 17.9 Å². The standard InChI is InChI=1S/C22H19BrN2O4S/c1-29-19-8-3-16(4-9-19)22(26)25-13-12-15-2-7-18(14-21(15)25)24-30(27,28)20-10-5-17(23)6-11-20/h2-11,14,24H,12-13H2,1H3. The molecule has 0 saturated carbocycles. The maximum Gasteiger partial charge on any atom is 0.261 e. The van der Waals surface area contributed by atoms with Crippen LogP contribution in [0.3, 0.4) is 0 Å². The van der Waals surface area contributed by atoms with Crippen molar-refractivity contribution >= 4 is 43.2 Å². The number of ether oxygens (including phenoxy) is 1. The molecule has 0 bridgehead atoms. The van der Waals surface area contributed by atoms with Crippen LogP contribution < -0.4 is 14.4 Å². The van der Waals surface area contributed by atoms with Crippen molar-refractivity contribution in [2.45, 2.75) is 11.3 Å². The summed E-state index contributed by atoms with van der Waals surface area (Å²) in [7, 11) is -2.16. The smallest absolute Gasteiger partial charge is 0.261 e. The molecule has 6 nitrogen and oxygen atoms in total. The van der Waals surface area contributed by atoms with Crippen LogP contribution in [0, 0.1) is 0 Å². The fourth-order valence-corrected chi connectivity index (χ4v) is 4.68. The zero-order chi connectivity index (χ0) is 21.3. The minimum Gasteiger partial charge on any atom is -0.497 e. The van der Waals surface area contributed by atoms with Crippen LogP contribution >= 0.6 is 15.9 Å². The van der Waals surface area contributed by atoms with Crippen LogP contribution in [-0.2, 0) is 16.4 Å². The van der Waals surface area contributed by atoms with Crippen LogP contribution in [0.4, 0.5) is 11.4 Å². The second-order valence-corrected chi connectivity index (χ2v) is 9.44. The Morgan fingerprint density at radius 3 is 2.40 bits per heavy atom. The highest BCUT2D eigenvalue weighted by atomic mass is 79.9. The van der Waals surface area contributed by atoms with Crippen molar-refractivity contribution in [3.63, 3.8) is 0 Å². The first kappa shape index (κ1) is 20.4. The number of hydrogen-bond acceptors (Lipinski definition) is 4. The summed E-state index contributed by atoms with van der Waals surface area (Å²) >= 11 is 3.30. The van der Waals surface area contributed by atoms with Gasteiger partial charge in [-0.1, -0.05) is 22.0 Å². The van der Waals surface area contributed by atoms with E-state index in [4.69, 9.17) is 4.74 Å². The molecule has 1 amide bonds. The lowest BCUT2D eigenvalue weighted by molar-refractivity contribution is 0.0989. The summed E-state index contributed by atoms with van der Waals surface area (Å²) in [5.41, 5.74) is 2.67. The van der Waals surface area contributed by atoms with Gasteiger partial charge >= 0.3 is 0 Å². The summed E-state index contributed by atoms with van der Waals surface area (Å²) < 4.78 is 33.9. The fraction of sp³-hybridized carbons (Fsp3) is 0.136. The van der Waals surface area contributed by atoms with E-state index in [1.807, 2.05) is 6.07 Å². The Morgan fingerprint density at radius 1 is 1.03 bits per heavy atom.